The number of aliphatic hydroxyl groups is 1. The summed E-state index contributed by atoms with van der Waals surface area (Å²) >= 11 is 0. The first-order chi connectivity index (χ1) is 4.95. The van der Waals surface area contributed by atoms with Crippen LogP contribution in [-0.4, -0.2) is 20.0 Å². The van der Waals surface area contributed by atoms with E-state index < -0.39 is 8.32 Å². The lowest BCUT2D eigenvalue weighted by molar-refractivity contribution is 0.341. The highest BCUT2D eigenvalue weighted by Crippen LogP contribution is 2.09. The molecule has 11 heavy (non-hydrogen) atoms. The normalized spacial score (nSPS) is 12.0. The molecule has 0 heterocycles. The first kappa shape index (κ1) is 10.5. The Hall–Kier alpha value is -0.543. The highest BCUT2D eigenvalue weighted by atomic mass is 28.4. The summed E-state index contributed by atoms with van der Waals surface area (Å²) in [5.41, 5.74) is 0. The van der Waals surface area contributed by atoms with E-state index in [0.29, 0.717) is 5.76 Å². The largest absolute Gasteiger partial charge is 0.545 e. The lowest BCUT2D eigenvalue weighted by Gasteiger charge is -2.18. The molecule has 0 unspecified atom stereocenters. The summed E-state index contributed by atoms with van der Waals surface area (Å²) in [5.74, 6) is 0.637. The van der Waals surface area contributed by atoms with Crippen LogP contribution >= 0.6 is 0 Å². The van der Waals surface area contributed by atoms with E-state index in [2.05, 4.69) is 26.2 Å². The highest BCUT2D eigenvalue weighted by molar-refractivity contribution is 6.70. The van der Waals surface area contributed by atoms with Gasteiger partial charge in [-0.1, -0.05) is 12.7 Å². The van der Waals surface area contributed by atoms with Gasteiger partial charge in [-0.25, -0.2) is 0 Å². The van der Waals surface area contributed by atoms with Gasteiger partial charge in [-0.05, 0) is 25.7 Å². The molecule has 0 amide bonds. The average molecular weight is 172 g/mol. The van der Waals surface area contributed by atoms with E-state index in [9.17, 15) is 0 Å². The van der Waals surface area contributed by atoms with Gasteiger partial charge in [-0.2, -0.15) is 0 Å². The van der Waals surface area contributed by atoms with E-state index in [1.165, 1.54) is 0 Å². The lowest BCUT2D eigenvalue weighted by Crippen LogP contribution is -2.24. The summed E-state index contributed by atoms with van der Waals surface area (Å²) in [6, 6.07) is 0. The molecule has 2 nitrogen and oxygen atoms in total. The van der Waals surface area contributed by atoms with Crippen molar-refractivity contribution in [2.75, 3.05) is 6.61 Å². The summed E-state index contributed by atoms with van der Waals surface area (Å²) in [6.45, 7) is 9.99. The Morgan fingerprint density at radius 1 is 1.55 bits per heavy atom. The molecule has 64 valence electrons. The van der Waals surface area contributed by atoms with Gasteiger partial charge in [-0.3, -0.25) is 0 Å². The lowest BCUT2D eigenvalue weighted by atomic mass is 10.5. The highest BCUT2D eigenvalue weighted by Gasteiger charge is 2.15. The Morgan fingerprint density at radius 3 is 2.45 bits per heavy atom. The summed E-state index contributed by atoms with van der Waals surface area (Å²) in [6.07, 6.45) is 3.31. The van der Waals surface area contributed by atoms with Crippen molar-refractivity contribution in [3.8, 4) is 0 Å². The molecule has 0 aromatic carbocycles. The molecular weight excluding hydrogens is 156 g/mol. The van der Waals surface area contributed by atoms with Crippen molar-refractivity contribution < 1.29 is 9.53 Å². The van der Waals surface area contributed by atoms with Crippen molar-refractivity contribution in [2.45, 2.75) is 19.6 Å². The smallest absolute Gasteiger partial charge is 0.242 e. The molecule has 0 aliphatic carbocycles. The van der Waals surface area contributed by atoms with Crippen LogP contribution in [0.4, 0.5) is 0 Å². The maximum absolute atomic E-state index is 8.44. The third-order valence-corrected chi connectivity index (χ3v) is 1.72. The third-order valence-electron chi connectivity index (χ3n) is 0.846. The van der Waals surface area contributed by atoms with Gasteiger partial charge in [0.1, 0.15) is 0 Å². The van der Waals surface area contributed by atoms with Gasteiger partial charge in [0.2, 0.25) is 8.32 Å². The van der Waals surface area contributed by atoms with E-state index in [0.717, 1.165) is 0 Å². The molecule has 1 N–H and O–H groups in total. The number of hydrogen-bond donors (Lipinski definition) is 1. The molecule has 0 bridgehead atoms. The zero-order valence-corrected chi connectivity index (χ0v) is 8.42. The van der Waals surface area contributed by atoms with Crippen molar-refractivity contribution in [1.29, 1.82) is 0 Å². The van der Waals surface area contributed by atoms with E-state index in [4.69, 9.17) is 9.53 Å². The molecule has 0 aliphatic rings. The Bertz CT molecular complexity index is 156. The van der Waals surface area contributed by atoms with Gasteiger partial charge in [-0.15, -0.1) is 0 Å². The minimum Gasteiger partial charge on any atom is -0.545 e. The van der Waals surface area contributed by atoms with Crippen LogP contribution in [0.3, 0.4) is 0 Å². The summed E-state index contributed by atoms with van der Waals surface area (Å²) in [4.78, 5) is 0. The predicted molar refractivity (Wildman–Crippen MR) is 49.8 cm³/mol. The van der Waals surface area contributed by atoms with Crippen molar-refractivity contribution in [1.82, 2.24) is 0 Å². The quantitative estimate of drug-likeness (QED) is 0.399. The second-order valence-electron chi connectivity index (χ2n) is 3.27. The van der Waals surface area contributed by atoms with E-state index in [-0.39, 0.29) is 6.61 Å². The van der Waals surface area contributed by atoms with Crippen molar-refractivity contribution in [3.05, 3.63) is 24.5 Å². The zero-order valence-electron chi connectivity index (χ0n) is 7.42. The topological polar surface area (TPSA) is 29.5 Å². The van der Waals surface area contributed by atoms with Gasteiger partial charge in [0.05, 0.1) is 12.4 Å². The predicted octanol–water partition coefficient (Wildman–Crippen LogP) is 1.90. The van der Waals surface area contributed by atoms with Crippen molar-refractivity contribution in [2.24, 2.45) is 0 Å². The molecular formula is C8H16O2Si. The van der Waals surface area contributed by atoms with Gasteiger partial charge < -0.3 is 9.53 Å². The maximum Gasteiger partial charge on any atom is 0.242 e. The minimum atomic E-state index is -1.50. The Morgan fingerprint density at radius 2 is 2.09 bits per heavy atom. The van der Waals surface area contributed by atoms with Crippen LogP contribution in [0.1, 0.15) is 0 Å². The van der Waals surface area contributed by atoms with Gasteiger partial charge >= 0.3 is 0 Å². The van der Waals surface area contributed by atoms with Crippen molar-refractivity contribution >= 4 is 8.32 Å². The molecule has 0 spiro atoms. The number of aliphatic hydroxyl groups excluding tert-OH is 1. The van der Waals surface area contributed by atoms with Crippen molar-refractivity contribution in [3.63, 3.8) is 0 Å². The second kappa shape index (κ2) is 4.36. The van der Waals surface area contributed by atoms with Crippen LogP contribution in [0.25, 0.3) is 0 Å². The van der Waals surface area contributed by atoms with Crippen LogP contribution in [0.15, 0.2) is 24.5 Å². The molecule has 0 atom stereocenters. The van der Waals surface area contributed by atoms with Crippen LogP contribution in [0, 0.1) is 0 Å². The molecule has 0 radical (unpaired) electrons. The van der Waals surface area contributed by atoms with Gasteiger partial charge in [0.25, 0.3) is 0 Å². The number of rotatable bonds is 4. The van der Waals surface area contributed by atoms with E-state index in [1.54, 1.807) is 12.2 Å². The van der Waals surface area contributed by atoms with Gasteiger partial charge in [0.15, 0.2) is 0 Å². The van der Waals surface area contributed by atoms with Gasteiger partial charge in [0, 0.05) is 0 Å². The molecule has 0 rings (SSSR count). The molecule has 0 saturated heterocycles. The van der Waals surface area contributed by atoms with Crippen LogP contribution in [0.5, 0.6) is 0 Å². The second-order valence-corrected chi connectivity index (χ2v) is 7.69. The SMILES string of the molecule is C=C(C=CCO)O[Si](C)(C)C. The summed E-state index contributed by atoms with van der Waals surface area (Å²) < 4.78 is 5.49. The number of allylic oxidation sites excluding steroid dienone is 1. The van der Waals surface area contributed by atoms with Crippen LogP contribution < -0.4 is 0 Å². The van der Waals surface area contributed by atoms with Crippen LogP contribution in [0.2, 0.25) is 19.6 Å². The molecule has 0 saturated carbocycles. The molecule has 0 fully saturated rings. The molecule has 3 heteroatoms. The Balaban J connectivity index is 3.80. The first-order valence-corrected chi connectivity index (χ1v) is 7.02. The van der Waals surface area contributed by atoms with E-state index in [1.807, 2.05) is 0 Å². The fraction of sp³-hybridized carbons (Fsp3) is 0.500. The first-order valence-electron chi connectivity index (χ1n) is 3.61. The average Bonchev–Trinajstić information content (AvgIpc) is 1.79. The standard InChI is InChI=1S/C8H16O2Si/c1-8(6-5-7-9)10-11(2,3)4/h5-6,9H,1,7H2,2-4H3. The fourth-order valence-corrected chi connectivity index (χ4v) is 1.47. The van der Waals surface area contributed by atoms with E-state index >= 15 is 0 Å². The third kappa shape index (κ3) is 7.35. The zero-order chi connectivity index (χ0) is 8.91. The molecule has 0 aliphatic heterocycles. The molecule has 0 aromatic rings. The number of hydrogen-bond acceptors (Lipinski definition) is 2. The fourth-order valence-electron chi connectivity index (χ4n) is 0.611. The molecule has 0 aromatic heterocycles. The minimum absolute atomic E-state index is 0.0358. The Labute approximate surface area is 69.3 Å². The Kier molecular flexibility index (Phi) is 4.14. The summed E-state index contributed by atoms with van der Waals surface area (Å²) in [7, 11) is -1.50. The monoisotopic (exact) mass is 172 g/mol. The van der Waals surface area contributed by atoms with Crippen LogP contribution in [-0.2, 0) is 4.43 Å². The maximum atomic E-state index is 8.44. The summed E-state index contributed by atoms with van der Waals surface area (Å²) in [5, 5.41) is 8.44.